The summed E-state index contributed by atoms with van der Waals surface area (Å²) < 4.78 is 5.65. The maximum atomic E-state index is 12.6. The zero-order chi connectivity index (χ0) is 17.6. The minimum atomic E-state index is -0.428. The van der Waals surface area contributed by atoms with E-state index in [9.17, 15) is 9.59 Å². The summed E-state index contributed by atoms with van der Waals surface area (Å²) in [7, 11) is 0. The molecule has 1 aliphatic heterocycles. The van der Waals surface area contributed by atoms with E-state index >= 15 is 0 Å². The zero-order valence-electron chi connectivity index (χ0n) is 13.9. The van der Waals surface area contributed by atoms with Gasteiger partial charge in [-0.25, -0.2) is 0 Å². The molecule has 0 aromatic heterocycles. The molecule has 5 nitrogen and oxygen atoms in total. The van der Waals surface area contributed by atoms with E-state index in [2.05, 4.69) is 11.4 Å². The third-order valence-electron chi connectivity index (χ3n) is 4.52. The van der Waals surface area contributed by atoms with Crippen molar-refractivity contribution in [3.05, 3.63) is 36.1 Å². The molecular formula is C19H20N2O3S. The van der Waals surface area contributed by atoms with Crippen molar-refractivity contribution >= 4 is 29.1 Å². The van der Waals surface area contributed by atoms with Crippen LogP contribution in [0.2, 0.25) is 0 Å². The van der Waals surface area contributed by atoms with Crippen molar-refractivity contribution in [2.45, 2.75) is 43.1 Å². The number of hydrogen-bond donors (Lipinski definition) is 1. The number of fused-ring (bicyclic) bond motifs is 1. The maximum Gasteiger partial charge on any atom is 0.262 e. The van der Waals surface area contributed by atoms with Crippen LogP contribution < -0.4 is 5.32 Å². The van der Waals surface area contributed by atoms with Gasteiger partial charge in [-0.3, -0.25) is 9.59 Å². The van der Waals surface area contributed by atoms with Gasteiger partial charge in [0.05, 0.1) is 23.9 Å². The first-order valence-electron chi connectivity index (χ1n) is 8.50. The van der Waals surface area contributed by atoms with E-state index in [1.807, 2.05) is 18.2 Å². The standard InChI is InChI=1S/C19H20N2O3S/c20-10-5-11-25-17-9-4-2-7-15(17)21-19(23)14-12-24-16-8-3-1-6-13(16)18(14)22/h2,4,7,9,12-13,16H,1,3,5-6,8,11H2,(H,21,23). The number of nitriles is 1. The maximum absolute atomic E-state index is 12.6. The summed E-state index contributed by atoms with van der Waals surface area (Å²) in [6, 6.07) is 9.50. The number of carbonyl (C=O) groups is 2. The van der Waals surface area contributed by atoms with E-state index in [4.69, 9.17) is 10.00 Å². The van der Waals surface area contributed by atoms with Gasteiger partial charge in [-0.05, 0) is 31.4 Å². The Morgan fingerprint density at radius 1 is 1.32 bits per heavy atom. The highest BCUT2D eigenvalue weighted by Gasteiger charge is 2.39. The number of Topliss-reactive ketones (excluding diaryl/α,β-unsaturated/α-hetero) is 1. The fourth-order valence-corrected chi connectivity index (χ4v) is 4.09. The van der Waals surface area contributed by atoms with Gasteiger partial charge >= 0.3 is 0 Å². The van der Waals surface area contributed by atoms with Crippen LogP contribution in [0, 0.1) is 17.2 Å². The largest absolute Gasteiger partial charge is 0.496 e. The number of ether oxygens (including phenoxy) is 1. The summed E-state index contributed by atoms with van der Waals surface area (Å²) in [5.74, 6) is -0.0807. The lowest BCUT2D eigenvalue weighted by Crippen LogP contribution is -2.39. The van der Waals surface area contributed by atoms with Crippen LogP contribution in [0.25, 0.3) is 0 Å². The van der Waals surface area contributed by atoms with Crippen molar-refractivity contribution in [2.75, 3.05) is 11.1 Å². The Bertz CT molecular complexity index is 738. The normalized spacial score (nSPS) is 22.2. The molecule has 0 radical (unpaired) electrons. The highest BCUT2D eigenvalue weighted by Crippen LogP contribution is 2.34. The van der Waals surface area contributed by atoms with Crippen LogP contribution >= 0.6 is 11.8 Å². The molecule has 2 aliphatic rings. The Morgan fingerprint density at radius 2 is 2.12 bits per heavy atom. The number of anilines is 1. The first-order valence-corrected chi connectivity index (χ1v) is 9.49. The zero-order valence-corrected chi connectivity index (χ0v) is 14.7. The molecule has 2 atom stereocenters. The molecule has 1 aliphatic carbocycles. The summed E-state index contributed by atoms with van der Waals surface area (Å²) in [5, 5.41) is 11.5. The number of thioether (sulfide) groups is 1. The number of benzene rings is 1. The number of amides is 1. The fourth-order valence-electron chi connectivity index (χ4n) is 3.23. The van der Waals surface area contributed by atoms with Crippen molar-refractivity contribution in [3.63, 3.8) is 0 Å². The molecule has 1 heterocycles. The second-order valence-corrected chi connectivity index (χ2v) is 7.30. The summed E-state index contributed by atoms with van der Waals surface area (Å²) >= 11 is 1.51. The SMILES string of the molecule is N#CCCSc1ccccc1NC(=O)C1=COC2CCCCC2C1=O. The minimum Gasteiger partial charge on any atom is -0.496 e. The van der Waals surface area contributed by atoms with Gasteiger partial charge < -0.3 is 10.1 Å². The highest BCUT2D eigenvalue weighted by atomic mass is 32.2. The Balaban J connectivity index is 1.71. The van der Waals surface area contributed by atoms with E-state index in [1.54, 1.807) is 6.07 Å². The van der Waals surface area contributed by atoms with Gasteiger partial charge in [0.2, 0.25) is 0 Å². The second kappa shape index (κ2) is 8.21. The van der Waals surface area contributed by atoms with Crippen molar-refractivity contribution in [2.24, 2.45) is 5.92 Å². The van der Waals surface area contributed by atoms with Gasteiger partial charge in [0, 0.05) is 17.1 Å². The predicted octanol–water partition coefficient (Wildman–Crippen LogP) is 3.67. The van der Waals surface area contributed by atoms with E-state index in [0.717, 1.165) is 30.6 Å². The van der Waals surface area contributed by atoms with Crippen LogP contribution in [0.15, 0.2) is 41.0 Å². The Morgan fingerprint density at radius 3 is 2.96 bits per heavy atom. The van der Waals surface area contributed by atoms with E-state index in [0.29, 0.717) is 17.9 Å². The lowest BCUT2D eigenvalue weighted by Gasteiger charge is -2.33. The van der Waals surface area contributed by atoms with E-state index in [-0.39, 0.29) is 23.4 Å². The van der Waals surface area contributed by atoms with Crippen LogP contribution in [0.4, 0.5) is 5.69 Å². The average Bonchev–Trinajstić information content (AvgIpc) is 2.64. The molecule has 3 rings (SSSR count). The molecule has 1 fully saturated rings. The molecule has 1 amide bonds. The van der Waals surface area contributed by atoms with Gasteiger partial charge in [0.25, 0.3) is 5.91 Å². The fraction of sp³-hybridized carbons (Fsp3) is 0.421. The highest BCUT2D eigenvalue weighted by molar-refractivity contribution is 7.99. The molecule has 6 heteroatoms. The first-order chi connectivity index (χ1) is 12.2. The molecule has 1 N–H and O–H groups in total. The van der Waals surface area contributed by atoms with E-state index < -0.39 is 5.91 Å². The first kappa shape index (κ1) is 17.6. The van der Waals surface area contributed by atoms with Crippen LogP contribution in [0.3, 0.4) is 0 Å². The van der Waals surface area contributed by atoms with E-state index in [1.165, 1.54) is 18.0 Å². The molecule has 0 bridgehead atoms. The van der Waals surface area contributed by atoms with Gasteiger partial charge in [-0.15, -0.1) is 11.8 Å². The Labute approximate surface area is 151 Å². The summed E-state index contributed by atoms with van der Waals surface area (Å²) in [6.07, 6.45) is 5.42. The predicted molar refractivity (Wildman–Crippen MR) is 95.9 cm³/mol. The van der Waals surface area contributed by atoms with Crippen molar-refractivity contribution in [1.29, 1.82) is 5.26 Å². The minimum absolute atomic E-state index is 0.0772. The van der Waals surface area contributed by atoms with Crippen LogP contribution in [0.5, 0.6) is 0 Å². The van der Waals surface area contributed by atoms with Gasteiger partial charge in [0.1, 0.15) is 11.7 Å². The van der Waals surface area contributed by atoms with Crippen molar-refractivity contribution in [1.82, 2.24) is 0 Å². The molecule has 0 saturated heterocycles. The third-order valence-corrected chi connectivity index (χ3v) is 5.59. The summed E-state index contributed by atoms with van der Waals surface area (Å²) in [4.78, 5) is 26.1. The van der Waals surface area contributed by atoms with Crippen LogP contribution in [-0.2, 0) is 14.3 Å². The van der Waals surface area contributed by atoms with Gasteiger partial charge in [0.15, 0.2) is 5.78 Å². The summed E-state index contributed by atoms with van der Waals surface area (Å²) in [5.41, 5.74) is 0.745. The number of rotatable bonds is 5. The Hall–Kier alpha value is -2.26. The number of nitrogens with one attached hydrogen (secondary N) is 1. The molecular weight excluding hydrogens is 336 g/mol. The third kappa shape index (κ3) is 4.05. The van der Waals surface area contributed by atoms with Crippen molar-refractivity contribution < 1.29 is 14.3 Å². The number of ketones is 1. The molecule has 2 unspecified atom stereocenters. The number of hydrogen-bond acceptors (Lipinski definition) is 5. The number of para-hydroxylation sites is 1. The lowest BCUT2D eigenvalue weighted by atomic mass is 9.80. The van der Waals surface area contributed by atoms with Crippen LogP contribution in [0.1, 0.15) is 32.1 Å². The molecule has 130 valence electrons. The lowest BCUT2D eigenvalue weighted by molar-refractivity contribution is -0.129. The molecule has 1 aromatic rings. The monoisotopic (exact) mass is 356 g/mol. The van der Waals surface area contributed by atoms with Crippen LogP contribution in [-0.4, -0.2) is 23.5 Å². The summed E-state index contributed by atoms with van der Waals surface area (Å²) in [6.45, 7) is 0. The molecule has 0 spiro atoms. The average molecular weight is 356 g/mol. The second-order valence-electron chi connectivity index (χ2n) is 6.17. The smallest absolute Gasteiger partial charge is 0.262 e. The molecule has 25 heavy (non-hydrogen) atoms. The quantitative estimate of drug-likeness (QED) is 0.495. The topological polar surface area (TPSA) is 79.2 Å². The van der Waals surface area contributed by atoms with Gasteiger partial charge in [-0.2, -0.15) is 5.26 Å². The number of carbonyl (C=O) groups excluding carboxylic acids is 2. The van der Waals surface area contributed by atoms with Crippen molar-refractivity contribution in [3.8, 4) is 6.07 Å². The molecule has 1 saturated carbocycles. The Kier molecular flexibility index (Phi) is 5.77. The van der Waals surface area contributed by atoms with Gasteiger partial charge in [-0.1, -0.05) is 18.6 Å². The molecule has 1 aromatic carbocycles. The number of nitrogens with zero attached hydrogens (tertiary/aromatic N) is 1.